The summed E-state index contributed by atoms with van der Waals surface area (Å²) < 4.78 is 17.7. The molecule has 0 amide bonds. The van der Waals surface area contributed by atoms with Gasteiger partial charge < -0.3 is 14.8 Å². The molecule has 3 aromatic rings. The Hall–Kier alpha value is -2.18. The first kappa shape index (κ1) is 17.2. The molecule has 6 heteroatoms. The van der Waals surface area contributed by atoms with E-state index in [0.717, 1.165) is 22.4 Å². The van der Waals surface area contributed by atoms with Gasteiger partial charge in [-0.1, -0.05) is 40.2 Å². The van der Waals surface area contributed by atoms with Crippen molar-refractivity contribution in [2.24, 2.45) is 0 Å². The van der Waals surface area contributed by atoms with E-state index in [1.165, 1.54) is 6.07 Å². The van der Waals surface area contributed by atoms with E-state index >= 15 is 0 Å². The summed E-state index contributed by atoms with van der Waals surface area (Å²) in [6.45, 7) is 1.52. The van der Waals surface area contributed by atoms with Crippen LogP contribution in [-0.4, -0.2) is 21.1 Å². The Morgan fingerprint density at radius 1 is 1.08 bits per heavy atom. The molecule has 1 aliphatic rings. The molecule has 0 fully saturated rings. The number of halogens is 2. The Kier molecular flexibility index (Phi) is 4.78. The van der Waals surface area contributed by atoms with Crippen LogP contribution in [-0.2, 0) is 6.54 Å². The van der Waals surface area contributed by atoms with Crippen molar-refractivity contribution in [3.8, 4) is 0 Å². The average Bonchev–Trinajstić information content (AvgIpc) is 3.10. The zero-order chi connectivity index (χ0) is 18.1. The summed E-state index contributed by atoms with van der Waals surface area (Å²) in [5, 5.41) is 3.88. The molecule has 132 valence electrons. The zero-order valence-corrected chi connectivity index (χ0v) is 16.3. The van der Waals surface area contributed by atoms with Crippen LogP contribution in [0, 0.1) is 5.82 Å². The lowest BCUT2D eigenvalue weighted by Crippen LogP contribution is -2.44. The molecule has 2 heterocycles. The number of thiocarbonyl (C=S) groups is 1. The SMILES string of the molecule is Fc1ccccc1[C@H]1c2cccn2CCN1C(=S)Nc1cccc(Br)c1. The van der Waals surface area contributed by atoms with Crippen LogP contribution in [0.25, 0.3) is 0 Å². The molecule has 0 bridgehead atoms. The van der Waals surface area contributed by atoms with Crippen molar-refractivity contribution in [1.82, 2.24) is 9.47 Å². The smallest absolute Gasteiger partial charge is 0.174 e. The van der Waals surface area contributed by atoms with Gasteiger partial charge in [0.15, 0.2) is 5.11 Å². The maximum Gasteiger partial charge on any atom is 0.174 e. The van der Waals surface area contributed by atoms with Crippen LogP contribution >= 0.6 is 28.1 Å². The summed E-state index contributed by atoms with van der Waals surface area (Å²) in [4.78, 5) is 2.06. The number of hydrogen-bond acceptors (Lipinski definition) is 1. The number of nitrogens with zero attached hydrogens (tertiary/aromatic N) is 2. The molecule has 1 N–H and O–H groups in total. The fourth-order valence-corrected chi connectivity index (χ4v) is 4.10. The molecule has 1 atom stereocenters. The lowest BCUT2D eigenvalue weighted by Gasteiger charge is -2.39. The highest BCUT2D eigenvalue weighted by Crippen LogP contribution is 2.34. The summed E-state index contributed by atoms with van der Waals surface area (Å²) in [6.07, 6.45) is 2.03. The van der Waals surface area contributed by atoms with Gasteiger partial charge in [-0.25, -0.2) is 4.39 Å². The molecule has 0 saturated carbocycles. The Bertz CT molecular complexity index is 955. The Morgan fingerprint density at radius 2 is 1.92 bits per heavy atom. The zero-order valence-electron chi connectivity index (χ0n) is 13.9. The first-order valence-electron chi connectivity index (χ1n) is 8.36. The Morgan fingerprint density at radius 3 is 2.73 bits per heavy atom. The third-order valence-corrected chi connectivity index (χ3v) is 5.40. The van der Waals surface area contributed by atoms with Gasteiger partial charge in [-0.15, -0.1) is 0 Å². The van der Waals surface area contributed by atoms with E-state index in [-0.39, 0.29) is 11.9 Å². The summed E-state index contributed by atoms with van der Waals surface area (Å²) in [5.41, 5.74) is 2.57. The molecule has 1 aromatic heterocycles. The van der Waals surface area contributed by atoms with Crippen LogP contribution in [0.5, 0.6) is 0 Å². The third-order valence-electron chi connectivity index (χ3n) is 4.57. The molecule has 0 aliphatic carbocycles. The topological polar surface area (TPSA) is 20.2 Å². The third kappa shape index (κ3) is 3.27. The van der Waals surface area contributed by atoms with Gasteiger partial charge in [-0.2, -0.15) is 0 Å². The highest BCUT2D eigenvalue weighted by atomic mass is 79.9. The number of aromatic nitrogens is 1. The van der Waals surface area contributed by atoms with Crippen molar-refractivity contribution < 1.29 is 4.39 Å². The van der Waals surface area contributed by atoms with E-state index in [1.807, 2.05) is 54.7 Å². The fourth-order valence-electron chi connectivity index (χ4n) is 3.39. The van der Waals surface area contributed by atoms with Crippen molar-refractivity contribution in [2.75, 3.05) is 11.9 Å². The van der Waals surface area contributed by atoms with E-state index in [4.69, 9.17) is 12.2 Å². The quantitative estimate of drug-likeness (QED) is 0.565. The van der Waals surface area contributed by atoms with E-state index in [0.29, 0.717) is 17.2 Å². The van der Waals surface area contributed by atoms with E-state index in [1.54, 1.807) is 6.07 Å². The fraction of sp³-hybridized carbons (Fsp3) is 0.150. The van der Waals surface area contributed by atoms with Gasteiger partial charge in [0.2, 0.25) is 0 Å². The lowest BCUT2D eigenvalue weighted by atomic mass is 10.00. The van der Waals surface area contributed by atoms with Gasteiger partial charge in [-0.05, 0) is 48.6 Å². The van der Waals surface area contributed by atoms with Crippen LogP contribution < -0.4 is 5.32 Å². The molecule has 1 aliphatic heterocycles. The van der Waals surface area contributed by atoms with Gasteiger partial charge in [0.1, 0.15) is 5.82 Å². The number of hydrogen-bond donors (Lipinski definition) is 1. The lowest BCUT2D eigenvalue weighted by molar-refractivity contribution is 0.288. The van der Waals surface area contributed by atoms with Crippen molar-refractivity contribution in [2.45, 2.75) is 12.6 Å². The van der Waals surface area contributed by atoms with Gasteiger partial charge in [0.25, 0.3) is 0 Å². The van der Waals surface area contributed by atoms with Gasteiger partial charge in [0.05, 0.1) is 6.04 Å². The highest BCUT2D eigenvalue weighted by molar-refractivity contribution is 9.10. The molecule has 0 spiro atoms. The second-order valence-corrected chi connectivity index (χ2v) is 7.49. The summed E-state index contributed by atoms with van der Waals surface area (Å²) in [6, 6.07) is 18.5. The van der Waals surface area contributed by atoms with Crippen molar-refractivity contribution in [1.29, 1.82) is 0 Å². The van der Waals surface area contributed by atoms with E-state index in [2.05, 4.69) is 30.7 Å². The molecular weight excluding hydrogens is 413 g/mol. The first-order chi connectivity index (χ1) is 12.6. The Labute approximate surface area is 165 Å². The number of fused-ring (bicyclic) bond motifs is 1. The minimum atomic E-state index is -0.257. The van der Waals surface area contributed by atoms with Crippen LogP contribution in [0.15, 0.2) is 71.3 Å². The predicted molar refractivity (Wildman–Crippen MR) is 110 cm³/mol. The van der Waals surface area contributed by atoms with Crippen molar-refractivity contribution >= 4 is 38.9 Å². The number of nitrogens with one attached hydrogen (secondary N) is 1. The molecule has 0 saturated heterocycles. The summed E-state index contributed by atoms with van der Waals surface area (Å²) in [5.74, 6) is -0.220. The monoisotopic (exact) mass is 429 g/mol. The maximum atomic E-state index is 14.6. The minimum Gasteiger partial charge on any atom is -0.348 e. The standard InChI is InChI=1S/C20H17BrFN3S/c21-14-5-3-6-15(13-14)23-20(26)25-12-11-24-10-4-9-18(24)19(25)16-7-1-2-8-17(16)22/h1-10,13,19H,11-12H2,(H,23,26)/t19-/m0/s1. The van der Waals surface area contributed by atoms with Crippen LogP contribution in [0.2, 0.25) is 0 Å². The number of benzene rings is 2. The number of rotatable bonds is 2. The van der Waals surface area contributed by atoms with E-state index < -0.39 is 0 Å². The van der Waals surface area contributed by atoms with Gasteiger partial charge in [-0.3, -0.25) is 0 Å². The summed E-state index contributed by atoms with van der Waals surface area (Å²) in [7, 11) is 0. The van der Waals surface area contributed by atoms with Crippen LogP contribution in [0.3, 0.4) is 0 Å². The minimum absolute atomic E-state index is 0.220. The van der Waals surface area contributed by atoms with E-state index in [9.17, 15) is 4.39 Å². The highest BCUT2D eigenvalue weighted by Gasteiger charge is 2.32. The molecule has 0 radical (unpaired) electrons. The normalized spacial score (nSPS) is 16.2. The predicted octanol–water partition coefficient (Wildman–Crippen LogP) is 5.19. The molecule has 4 rings (SSSR count). The molecule has 2 aromatic carbocycles. The molecule has 26 heavy (non-hydrogen) atoms. The molecule has 3 nitrogen and oxygen atoms in total. The second-order valence-electron chi connectivity index (χ2n) is 6.18. The molecule has 0 unspecified atom stereocenters. The van der Waals surface area contributed by atoms with Gasteiger partial charge in [0, 0.05) is 40.7 Å². The van der Waals surface area contributed by atoms with Gasteiger partial charge >= 0.3 is 0 Å². The summed E-state index contributed by atoms with van der Waals surface area (Å²) >= 11 is 9.16. The Balaban J connectivity index is 1.70. The first-order valence-corrected chi connectivity index (χ1v) is 9.56. The second kappa shape index (κ2) is 7.21. The van der Waals surface area contributed by atoms with Crippen LogP contribution in [0.1, 0.15) is 17.3 Å². The van der Waals surface area contributed by atoms with Crippen molar-refractivity contribution in [3.05, 3.63) is 88.4 Å². The number of anilines is 1. The molecular formula is C20H17BrFN3S. The maximum absolute atomic E-state index is 14.6. The van der Waals surface area contributed by atoms with Crippen LogP contribution in [0.4, 0.5) is 10.1 Å². The average molecular weight is 430 g/mol. The largest absolute Gasteiger partial charge is 0.348 e. The van der Waals surface area contributed by atoms with Crippen molar-refractivity contribution in [3.63, 3.8) is 0 Å².